The van der Waals surface area contributed by atoms with Crippen molar-refractivity contribution in [3.8, 4) is 0 Å². The van der Waals surface area contributed by atoms with Gasteiger partial charge in [-0.05, 0) is 23.8 Å². The van der Waals surface area contributed by atoms with E-state index in [0.717, 1.165) is 12.1 Å². The summed E-state index contributed by atoms with van der Waals surface area (Å²) in [5, 5.41) is 2.80. The Balaban J connectivity index is 2.02. The van der Waals surface area contributed by atoms with Crippen LogP contribution in [0.4, 0.5) is 10.1 Å². The molecule has 5 heteroatoms. The largest absolute Gasteiger partial charge is 0.399 e. The Kier molecular flexibility index (Phi) is 3.58. The molecule has 1 amide bonds. The fourth-order valence-electron chi connectivity index (χ4n) is 2.00. The molecule has 0 radical (unpaired) electrons. The molecule has 1 saturated heterocycles. The van der Waals surface area contributed by atoms with Gasteiger partial charge in [0, 0.05) is 38.3 Å². The number of rotatable bonds is 2. The second-order valence-electron chi connectivity index (χ2n) is 4.27. The molecule has 92 valence electrons. The lowest BCUT2D eigenvalue weighted by atomic mass is 10.2. The minimum Gasteiger partial charge on any atom is -0.399 e. The second-order valence-corrected chi connectivity index (χ2v) is 4.27. The van der Waals surface area contributed by atoms with Crippen LogP contribution in [0.1, 0.15) is 12.0 Å². The lowest BCUT2D eigenvalue weighted by molar-refractivity contribution is -0.120. The highest BCUT2D eigenvalue weighted by atomic mass is 19.1. The number of anilines is 1. The first-order chi connectivity index (χ1) is 8.13. The molecule has 0 aromatic heterocycles. The zero-order valence-corrected chi connectivity index (χ0v) is 9.58. The third-order valence-electron chi connectivity index (χ3n) is 2.79. The Bertz CT molecular complexity index is 402. The highest BCUT2D eigenvalue weighted by Crippen LogP contribution is 2.13. The molecule has 1 aliphatic heterocycles. The van der Waals surface area contributed by atoms with Crippen LogP contribution in [0.15, 0.2) is 18.2 Å². The van der Waals surface area contributed by atoms with E-state index in [4.69, 9.17) is 5.73 Å². The highest BCUT2D eigenvalue weighted by molar-refractivity contribution is 5.76. The molecule has 0 bridgehead atoms. The minimum absolute atomic E-state index is 0.0752. The average molecular weight is 237 g/mol. The highest BCUT2D eigenvalue weighted by Gasteiger charge is 2.13. The number of carbonyl (C=O) groups is 1. The molecule has 0 unspecified atom stereocenters. The van der Waals surface area contributed by atoms with Crippen LogP contribution in [0.5, 0.6) is 0 Å². The lowest BCUT2D eigenvalue weighted by Crippen LogP contribution is -2.28. The van der Waals surface area contributed by atoms with Crippen molar-refractivity contribution in [2.24, 2.45) is 0 Å². The van der Waals surface area contributed by atoms with Crippen molar-refractivity contribution >= 4 is 11.6 Å². The first kappa shape index (κ1) is 11.9. The van der Waals surface area contributed by atoms with Crippen molar-refractivity contribution in [1.29, 1.82) is 0 Å². The monoisotopic (exact) mass is 237 g/mol. The van der Waals surface area contributed by atoms with E-state index in [-0.39, 0.29) is 11.7 Å². The van der Waals surface area contributed by atoms with Crippen LogP contribution in [0.2, 0.25) is 0 Å². The normalized spacial score (nSPS) is 17.6. The zero-order valence-electron chi connectivity index (χ0n) is 9.58. The van der Waals surface area contributed by atoms with Gasteiger partial charge in [-0.1, -0.05) is 0 Å². The predicted molar refractivity (Wildman–Crippen MR) is 63.7 cm³/mol. The average Bonchev–Trinajstić information content (AvgIpc) is 2.42. The number of nitrogens with two attached hydrogens (primary N) is 1. The van der Waals surface area contributed by atoms with Crippen LogP contribution >= 0.6 is 0 Å². The van der Waals surface area contributed by atoms with Crippen LogP contribution in [0.25, 0.3) is 0 Å². The summed E-state index contributed by atoms with van der Waals surface area (Å²) in [7, 11) is 0. The number of benzene rings is 1. The molecule has 1 aromatic carbocycles. The Labute approximate surface area is 99.6 Å². The molecule has 0 saturated carbocycles. The second kappa shape index (κ2) is 5.14. The van der Waals surface area contributed by atoms with Gasteiger partial charge in [0.2, 0.25) is 5.91 Å². The number of hydrogen-bond acceptors (Lipinski definition) is 3. The summed E-state index contributed by atoms with van der Waals surface area (Å²) in [4.78, 5) is 13.3. The number of nitrogens with zero attached hydrogens (tertiary/aromatic N) is 1. The predicted octanol–water partition coefficient (Wildman–Crippen LogP) is 0.730. The van der Waals surface area contributed by atoms with E-state index < -0.39 is 0 Å². The summed E-state index contributed by atoms with van der Waals surface area (Å²) in [5.74, 6) is -0.240. The zero-order chi connectivity index (χ0) is 12.3. The lowest BCUT2D eigenvalue weighted by Gasteiger charge is -2.19. The van der Waals surface area contributed by atoms with Crippen molar-refractivity contribution in [3.05, 3.63) is 29.6 Å². The van der Waals surface area contributed by atoms with E-state index >= 15 is 0 Å². The number of amides is 1. The van der Waals surface area contributed by atoms with Gasteiger partial charge in [-0.25, -0.2) is 4.39 Å². The molecule has 1 aliphatic rings. The number of hydrogen-bond donors (Lipinski definition) is 2. The Morgan fingerprint density at radius 1 is 1.35 bits per heavy atom. The first-order valence-corrected chi connectivity index (χ1v) is 5.67. The molecule has 1 fully saturated rings. The van der Waals surface area contributed by atoms with E-state index in [1.54, 1.807) is 6.07 Å². The fraction of sp³-hybridized carbons (Fsp3) is 0.417. The molecule has 4 nitrogen and oxygen atoms in total. The van der Waals surface area contributed by atoms with E-state index in [9.17, 15) is 9.18 Å². The number of nitrogen functional groups attached to an aromatic ring is 1. The Hall–Kier alpha value is -1.62. The Morgan fingerprint density at radius 3 is 2.94 bits per heavy atom. The third-order valence-corrected chi connectivity index (χ3v) is 2.79. The minimum atomic E-state index is -0.316. The molecule has 0 aliphatic carbocycles. The van der Waals surface area contributed by atoms with Crippen LogP contribution < -0.4 is 11.1 Å². The van der Waals surface area contributed by atoms with E-state index in [1.165, 1.54) is 12.1 Å². The Morgan fingerprint density at radius 2 is 2.18 bits per heavy atom. The fourth-order valence-corrected chi connectivity index (χ4v) is 2.00. The van der Waals surface area contributed by atoms with Gasteiger partial charge in [-0.3, -0.25) is 9.69 Å². The third kappa shape index (κ3) is 3.42. The SMILES string of the molecule is Nc1cc(F)cc(CN2CCNC(=O)CC2)c1. The standard InChI is InChI=1S/C12H16FN3O/c13-10-5-9(6-11(14)7-10)8-16-3-1-12(17)15-2-4-16/h5-7H,1-4,8,14H2,(H,15,17). The van der Waals surface area contributed by atoms with Gasteiger partial charge in [0.05, 0.1) is 0 Å². The van der Waals surface area contributed by atoms with Gasteiger partial charge >= 0.3 is 0 Å². The number of nitrogens with one attached hydrogen (secondary N) is 1. The van der Waals surface area contributed by atoms with Crippen LogP contribution in [-0.4, -0.2) is 30.4 Å². The van der Waals surface area contributed by atoms with Crippen molar-refractivity contribution in [1.82, 2.24) is 10.2 Å². The summed E-state index contributed by atoms with van der Waals surface area (Å²) in [6.45, 7) is 2.74. The topological polar surface area (TPSA) is 58.4 Å². The van der Waals surface area contributed by atoms with Crippen LogP contribution in [0, 0.1) is 5.82 Å². The molecule has 1 heterocycles. The molecule has 17 heavy (non-hydrogen) atoms. The summed E-state index contributed by atoms with van der Waals surface area (Å²) >= 11 is 0. The molecular weight excluding hydrogens is 221 g/mol. The molecular formula is C12H16FN3O. The number of halogens is 1. The summed E-state index contributed by atoms with van der Waals surface area (Å²) in [6, 6.07) is 4.55. The first-order valence-electron chi connectivity index (χ1n) is 5.67. The van der Waals surface area contributed by atoms with Gasteiger partial charge in [-0.15, -0.1) is 0 Å². The smallest absolute Gasteiger partial charge is 0.221 e. The van der Waals surface area contributed by atoms with E-state index in [0.29, 0.717) is 31.7 Å². The maximum Gasteiger partial charge on any atom is 0.221 e. The summed E-state index contributed by atoms with van der Waals surface area (Å²) in [6.07, 6.45) is 0.491. The molecule has 1 aromatic rings. The molecule has 2 rings (SSSR count). The van der Waals surface area contributed by atoms with Gasteiger partial charge in [0.25, 0.3) is 0 Å². The molecule has 0 atom stereocenters. The van der Waals surface area contributed by atoms with Gasteiger partial charge in [0.15, 0.2) is 0 Å². The van der Waals surface area contributed by atoms with Crippen molar-refractivity contribution in [2.75, 3.05) is 25.4 Å². The van der Waals surface area contributed by atoms with Crippen LogP contribution in [-0.2, 0) is 11.3 Å². The number of carbonyl (C=O) groups excluding carboxylic acids is 1. The van der Waals surface area contributed by atoms with Crippen molar-refractivity contribution in [3.63, 3.8) is 0 Å². The van der Waals surface area contributed by atoms with Gasteiger partial charge in [0.1, 0.15) is 5.82 Å². The van der Waals surface area contributed by atoms with Crippen molar-refractivity contribution < 1.29 is 9.18 Å². The summed E-state index contributed by atoms with van der Waals surface area (Å²) in [5.41, 5.74) is 6.87. The maximum absolute atomic E-state index is 13.2. The van der Waals surface area contributed by atoms with Crippen molar-refractivity contribution in [2.45, 2.75) is 13.0 Å². The quantitative estimate of drug-likeness (QED) is 0.745. The molecule has 3 N–H and O–H groups in total. The summed E-state index contributed by atoms with van der Waals surface area (Å²) < 4.78 is 13.2. The van der Waals surface area contributed by atoms with Gasteiger partial charge in [-0.2, -0.15) is 0 Å². The molecule has 0 spiro atoms. The maximum atomic E-state index is 13.2. The van der Waals surface area contributed by atoms with Crippen LogP contribution in [0.3, 0.4) is 0 Å². The van der Waals surface area contributed by atoms with E-state index in [1.807, 2.05) is 0 Å². The van der Waals surface area contributed by atoms with E-state index in [2.05, 4.69) is 10.2 Å². The van der Waals surface area contributed by atoms with Gasteiger partial charge < -0.3 is 11.1 Å².